The Balaban J connectivity index is 2.88. The topological polar surface area (TPSA) is 69.9 Å². The maximum atomic E-state index is 9.47. The summed E-state index contributed by atoms with van der Waals surface area (Å²) in [6.45, 7) is 0.876. The van der Waals surface area contributed by atoms with Crippen molar-refractivity contribution in [1.29, 1.82) is 0 Å². The first-order valence-electron chi connectivity index (χ1n) is 3.61. The van der Waals surface area contributed by atoms with Gasteiger partial charge in [0.25, 0.3) is 0 Å². The molecule has 0 aromatic carbocycles. The molecule has 0 bridgehead atoms. The molecule has 0 aliphatic carbocycles. The number of rotatable bonds is 1. The van der Waals surface area contributed by atoms with Crippen LogP contribution >= 0.6 is 0 Å². The first-order chi connectivity index (χ1) is 5.51. The van der Waals surface area contributed by atoms with Crippen molar-refractivity contribution in [2.45, 2.75) is 18.6 Å². The molecule has 0 saturated carbocycles. The van der Waals surface area contributed by atoms with Gasteiger partial charge in [0.1, 0.15) is 26.3 Å². The second kappa shape index (κ2) is 3.09. The summed E-state index contributed by atoms with van der Waals surface area (Å²) >= 11 is 0. The quantitative estimate of drug-likeness (QED) is 0.419. The molecular formula is C7H11BO4. The molecule has 5 heteroatoms. The lowest BCUT2D eigenvalue weighted by Crippen LogP contribution is -2.44. The van der Waals surface area contributed by atoms with Gasteiger partial charge in [-0.2, -0.15) is 0 Å². The summed E-state index contributed by atoms with van der Waals surface area (Å²) in [5, 5.41) is 27.6. The van der Waals surface area contributed by atoms with E-state index in [9.17, 15) is 10.2 Å². The van der Waals surface area contributed by atoms with Crippen LogP contribution in [-0.2, 0) is 4.74 Å². The average Bonchev–Trinajstić information content (AvgIpc) is 2.30. The van der Waals surface area contributed by atoms with Gasteiger partial charge >= 0.3 is 0 Å². The molecule has 1 aliphatic rings. The highest BCUT2D eigenvalue weighted by atomic mass is 16.5. The molecule has 12 heavy (non-hydrogen) atoms. The van der Waals surface area contributed by atoms with Crippen LogP contribution in [0.1, 0.15) is 6.92 Å². The molecule has 66 valence electrons. The molecule has 0 spiro atoms. The van der Waals surface area contributed by atoms with Gasteiger partial charge in [-0.15, -0.1) is 0 Å². The van der Waals surface area contributed by atoms with Crippen LogP contribution in [-0.4, -0.2) is 48.1 Å². The van der Waals surface area contributed by atoms with Crippen LogP contribution in [0.4, 0.5) is 0 Å². The number of aliphatic hydroxyl groups is 3. The van der Waals surface area contributed by atoms with Crippen molar-refractivity contribution in [3.8, 4) is 0 Å². The maximum absolute atomic E-state index is 9.47. The number of ether oxygens (including phenoxy) is 1. The minimum Gasteiger partial charge on any atom is -0.493 e. The number of hydrogen-bond donors (Lipinski definition) is 3. The molecule has 1 rings (SSSR count). The van der Waals surface area contributed by atoms with Gasteiger partial charge in [0.05, 0.1) is 6.61 Å². The fraction of sp³-hybridized carbons (Fsp3) is 0.714. The summed E-state index contributed by atoms with van der Waals surface area (Å²) in [5.41, 5.74) is -1.29. The predicted octanol–water partition coefficient (Wildman–Crippen LogP) is -1.50. The van der Waals surface area contributed by atoms with Gasteiger partial charge in [-0.3, -0.25) is 0 Å². The Hall–Kier alpha value is -0.515. The third kappa shape index (κ3) is 1.35. The minimum absolute atomic E-state index is 0.130. The van der Waals surface area contributed by atoms with E-state index in [0.29, 0.717) is 5.47 Å². The second-order valence-electron chi connectivity index (χ2n) is 3.00. The number of hydrogen-bond acceptors (Lipinski definition) is 4. The fourth-order valence-electron chi connectivity index (χ4n) is 1.07. The predicted molar refractivity (Wildman–Crippen MR) is 42.4 cm³/mol. The standard InChI is InChI=1S/C7H11BO4/c1-4(8)5-6(10)7(11,2-9)3-12-5/h6,9-11H,2-3H2,1H3/b5-4-/t6?,7-/m0/s1. The minimum atomic E-state index is -1.60. The summed E-state index contributed by atoms with van der Waals surface area (Å²) in [6, 6.07) is 0. The Morgan fingerprint density at radius 1 is 1.83 bits per heavy atom. The van der Waals surface area contributed by atoms with Gasteiger partial charge in [0, 0.05) is 0 Å². The van der Waals surface area contributed by atoms with E-state index >= 15 is 0 Å². The number of allylic oxidation sites excluding steroid dienone is 1. The third-order valence-corrected chi connectivity index (χ3v) is 1.90. The van der Waals surface area contributed by atoms with Crippen molar-refractivity contribution in [3.05, 3.63) is 11.2 Å². The highest BCUT2D eigenvalue weighted by molar-refractivity contribution is 6.21. The second-order valence-corrected chi connectivity index (χ2v) is 3.00. The molecule has 3 N–H and O–H groups in total. The van der Waals surface area contributed by atoms with Gasteiger partial charge in [0.15, 0.2) is 5.60 Å². The van der Waals surface area contributed by atoms with E-state index in [1.165, 1.54) is 0 Å². The van der Waals surface area contributed by atoms with Gasteiger partial charge < -0.3 is 20.1 Å². The molecule has 0 aromatic rings. The molecule has 1 unspecified atom stereocenters. The van der Waals surface area contributed by atoms with Crippen molar-refractivity contribution in [3.63, 3.8) is 0 Å². The van der Waals surface area contributed by atoms with Crippen molar-refractivity contribution in [1.82, 2.24) is 0 Å². The zero-order chi connectivity index (χ0) is 9.35. The van der Waals surface area contributed by atoms with Gasteiger partial charge in [-0.05, 0) is 6.92 Å². The SMILES string of the molecule is [B]/C(C)=C1\OC[C@@](O)(CO)C1O. The zero-order valence-corrected chi connectivity index (χ0v) is 6.82. The summed E-state index contributed by atoms with van der Waals surface area (Å²) in [6.07, 6.45) is -1.23. The van der Waals surface area contributed by atoms with Crippen LogP contribution in [0, 0.1) is 0 Å². The molecule has 4 nitrogen and oxygen atoms in total. The Morgan fingerprint density at radius 2 is 2.42 bits per heavy atom. The fourth-order valence-corrected chi connectivity index (χ4v) is 1.07. The summed E-state index contributed by atoms with van der Waals surface area (Å²) in [5.74, 6) is 0.145. The molecule has 2 atom stereocenters. The van der Waals surface area contributed by atoms with E-state index in [0.717, 1.165) is 0 Å². The van der Waals surface area contributed by atoms with E-state index < -0.39 is 18.3 Å². The first-order valence-corrected chi connectivity index (χ1v) is 3.61. The summed E-state index contributed by atoms with van der Waals surface area (Å²) < 4.78 is 4.93. The van der Waals surface area contributed by atoms with E-state index in [1.54, 1.807) is 6.92 Å². The Bertz CT molecular complexity index is 211. The molecular weight excluding hydrogens is 159 g/mol. The lowest BCUT2D eigenvalue weighted by Gasteiger charge is -2.20. The molecule has 1 fully saturated rings. The molecule has 1 heterocycles. The highest BCUT2D eigenvalue weighted by Gasteiger charge is 2.45. The smallest absolute Gasteiger partial charge is 0.154 e. The van der Waals surface area contributed by atoms with Crippen LogP contribution in [0.2, 0.25) is 0 Å². The van der Waals surface area contributed by atoms with Crippen LogP contribution in [0.3, 0.4) is 0 Å². The first kappa shape index (κ1) is 9.57. The molecule has 0 aromatic heterocycles. The van der Waals surface area contributed by atoms with Crippen molar-refractivity contribution in [2.75, 3.05) is 13.2 Å². The van der Waals surface area contributed by atoms with Gasteiger partial charge in [-0.25, -0.2) is 0 Å². The summed E-state index contributed by atoms with van der Waals surface area (Å²) in [7, 11) is 5.37. The summed E-state index contributed by atoms with van der Waals surface area (Å²) in [4.78, 5) is 0. The normalized spacial score (nSPS) is 39.5. The van der Waals surface area contributed by atoms with E-state index in [2.05, 4.69) is 0 Å². The van der Waals surface area contributed by atoms with Crippen molar-refractivity contribution in [2.24, 2.45) is 0 Å². The molecule has 1 aliphatic heterocycles. The molecule has 2 radical (unpaired) electrons. The van der Waals surface area contributed by atoms with Crippen molar-refractivity contribution < 1.29 is 20.1 Å². The lowest BCUT2D eigenvalue weighted by molar-refractivity contribution is -0.0750. The average molecular weight is 170 g/mol. The highest BCUT2D eigenvalue weighted by Crippen LogP contribution is 2.28. The Kier molecular flexibility index (Phi) is 2.46. The zero-order valence-electron chi connectivity index (χ0n) is 6.82. The van der Waals surface area contributed by atoms with Crippen LogP contribution in [0.25, 0.3) is 0 Å². The van der Waals surface area contributed by atoms with E-state index in [-0.39, 0.29) is 12.4 Å². The largest absolute Gasteiger partial charge is 0.493 e. The molecule has 1 saturated heterocycles. The van der Waals surface area contributed by atoms with Crippen LogP contribution in [0.15, 0.2) is 11.2 Å². The van der Waals surface area contributed by atoms with Crippen LogP contribution in [0.5, 0.6) is 0 Å². The third-order valence-electron chi connectivity index (χ3n) is 1.90. The van der Waals surface area contributed by atoms with Gasteiger partial charge in [-0.1, -0.05) is 5.47 Å². The van der Waals surface area contributed by atoms with Gasteiger partial charge in [0.2, 0.25) is 0 Å². The van der Waals surface area contributed by atoms with E-state index in [4.69, 9.17) is 17.7 Å². The van der Waals surface area contributed by atoms with Crippen molar-refractivity contribution >= 4 is 7.85 Å². The molecule has 0 amide bonds. The number of aliphatic hydroxyl groups excluding tert-OH is 2. The Morgan fingerprint density at radius 3 is 2.67 bits per heavy atom. The monoisotopic (exact) mass is 170 g/mol. The Labute approximate surface area is 71.9 Å². The maximum Gasteiger partial charge on any atom is 0.154 e. The van der Waals surface area contributed by atoms with Crippen LogP contribution < -0.4 is 0 Å². The van der Waals surface area contributed by atoms with E-state index in [1.807, 2.05) is 0 Å². The lowest BCUT2D eigenvalue weighted by atomic mass is 9.91.